The molecule has 0 amide bonds. The summed E-state index contributed by atoms with van der Waals surface area (Å²) in [5.74, 6) is 0. The van der Waals surface area contributed by atoms with Crippen LogP contribution >= 0.6 is 0 Å². The Kier molecular flexibility index (Phi) is 6.41. The van der Waals surface area contributed by atoms with Crippen LogP contribution in [-0.4, -0.2) is 0 Å². The summed E-state index contributed by atoms with van der Waals surface area (Å²) in [5, 5.41) is 1.48. The first-order valence-electron chi connectivity index (χ1n) is 15.8. The van der Waals surface area contributed by atoms with E-state index in [0.29, 0.717) is 32.9 Å². The lowest BCUT2D eigenvalue weighted by atomic mass is 9.98. The molecule has 0 aliphatic carbocycles. The smallest absolute Gasteiger partial charge is 0.204 e. The van der Waals surface area contributed by atoms with Crippen molar-refractivity contribution < 1.29 is 8.83 Å². The second-order valence-electron chi connectivity index (χ2n) is 12.0. The van der Waals surface area contributed by atoms with E-state index in [1.807, 2.05) is 84.9 Å². The normalized spacial score (nSPS) is 11.5. The fraction of sp³-hybridized carbons (Fsp3) is 0. The predicted octanol–water partition coefficient (Wildman–Crippen LogP) is 10.9. The van der Waals surface area contributed by atoms with Gasteiger partial charge in [-0.25, -0.2) is 0 Å². The summed E-state index contributed by atoms with van der Waals surface area (Å²) in [7, 11) is 0. The summed E-state index contributed by atoms with van der Waals surface area (Å²) >= 11 is 0. The average Bonchev–Trinajstić information content (AvgIpc) is 3.15. The van der Waals surface area contributed by atoms with Crippen LogP contribution in [0.2, 0.25) is 0 Å². The molecule has 0 aliphatic rings. The Balaban J connectivity index is 1.18. The predicted molar refractivity (Wildman–Crippen MR) is 195 cm³/mol. The summed E-state index contributed by atoms with van der Waals surface area (Å²) < 4.78 is 12.8. The van der Waals surface area contributed by atoms with Crippen molar-refractivity contribution in [1.29, 1.82) is 0 Å². The number of hydrogen-bond acceptors (Lipinski definition) is 4. The molecule has 2 aromatic heterocycles. The second kappa shape index (κ2) is 11.1. The van der Waals surface area contributed by atoms with Crippen LogP contribution in [0.1, 0.15) is 0 Å². The van der Waals surface area contributed by atoms with Crippen molar-refractivity contribution in [1.82, 2.24) is 0 Å². The molecule has 0 atom stereocenters. The molecule has 0 aliphatic heterocycles. The molecule has 7 aromatic carbocycles. The van der Waals surface area contributed by atoms with Gasteiger partial charge in [-0.3, -0.25) is 9.59 Å². The van der Waals surface area contributed by atoms with E-state index in [9.17, 15) is 9.59 Å². The summed E-state index contributed by atoms with van der Waals surface area (Å²) in [6, 6.07) is 51.6. The Bertz CT molecular complexity index is 2810. The molecule has 0 fully saturated rings. The Labute approximate surface area is 274 Å². The number of fused-ring (bicyclic) bond motifs is 5. The highest BCUT2D eigenvalue weighted by Crippen LogP contribution is 2.33. The van der Waals surface area contributed by atoms with Crippen LogP contribution in [-0.2, 0) is 0 Å². The summed E-state index contributed by atoms with van der Waals surface area (Å²) in [6.45, 7) is 0. The number of hydrogen-bond donors (Lipinski definition) is 0. The van der Waals surface area contributed by atoms with Gasteiger partial charge >= 0.3 is 0 Å². The lowest BCUT2D eigenvalue weighted by Crippen LogP contribution is -2.07. The highest BCUT2D eigenvalue weighted by molar-refractivity contribution is 6.07. The lowest BCUT2D eigenvalue weighted by molar-refractivity contribution is 0.649. The van der Waals surface area contributed by atoms with Crippen LogP contribution in [0.5, 0.6) is 0 Å². The number of rotatable bonds is 4. The Morgan fingerprint density at radius 3 is 1.31 bits per heavy atom. The molecule has 48 heavy (non-hydrogen) atoms. The van der Waals surface area contributed by atoms with Gasteiger partial charge in [0.05, 0.1) is 16.2 Å². The van der Waals surface area contributed by atoms with E-state index < -0.39 is 0 Å². The van der Waals surface area contributed by atoms with Gasteiger partial charge in [0.1, 0.15) is 22.1 Å². The van der Waals surface area contributed by atoms with Gasteiger partial charge in [-0.1, -0.05) is 109 Å². The van der Waals surface area contributed by atoms with Crippen molar-refractivity contribution in [3.05, 3.63) is 178 Å². The van der Waals surface area contributed by atoms with E-state index in [1.165, 1.54) is 0 Å². The number of benzene rings is 7. The fourth-order valence-corrected chi connectivity index (χ4v) is 6.62. The SMILES string of the molecule is O=c1c2ccc(-c3cccc(-c4ccccc4)c3)cc2oc2c1ccc1oc3cc(-c4cccc(-c5ccccc5)c4)ccc3c(=O)c12. The van der Waals surface area contributed by atoms with Crippen molar-refractivity contribution in [2.75, 3.05) is 0 Å². The molecule has 226 valence electrons. The largest absolute Gasteiger partial charge is 0.456 e. The van der Waals surface area contributed by atoms with E-state index in [1.54, 1.807) is 24.3 Å². The molecule has 4 nitrogen and oxygen atoms in total. The molecule has 4 heteroatoms. The monoisotopic (exact) mass is 618 g/mol. The van der Waals surface area contributed by atoms with Gasteiger partial charge in [-0.05, 0) is 93.0 Å². The molecule has 0 bridgehead atoms. The fourth-order valence-electron chi connectivity index (χ4n) is 6.62. The molecule has 0 saturated heterocycles. The summed E-state index contributed by atoms with van der Waals surface area (Å²) in [4.78, 5) is 27.8. The molecule has 9 rings (SSSR count). The standard InChI is InChI=1S/C44H26O4/c45-42-35-19-17-34(32-16-8-14-30(24-32)28-11-5-2-6-12-28)26-40(35)48-44-37(42)21-22-38-41(44)43(46)36-20-18-33(25-39(36)47-38)31-15-7-13-29(23-31)27-9-3-1-4-10-27/h1-26H. The minimum atomic E-state index is -0.240. The maximum absolute atomic E-state index is 14.1. The summed E-state index contributed by atoms with van der Waals surface area (Å²) in [6.07, 6.45) is 0. The highest BCUT2D eigenvalue weighted by atomic mass is 16.3. The molecular formula is C44H26O4. The van der Waals surface area contributed by atoms with Crippen LogP contribution in [0.3, 0.4) is 0 Å². The van der Waals surface area contributed by atoms with Gasteiger partial charge < -0.3 is 8.83 Å². The quantitative estimate of drug-likeness (QED) is 0.145. The minimum absolute atomic E-state index is 0.189. The molecule has 0 N–H and O–H groups in total. The van der Waals surface area contributed by atoms with Crippen LogP contribution < -0.4 is 10.9 Å². The van der Waals surface area contributed by atoms with Gasteiger partial charge in [0, 0.05) is 0 Å². The zero-order valence-electron chi connectivity index (χ0n) is 25.6. The molecule has 0 spiro atoms. The van der Waals surface area contributed by atoms with Crippen LogP contribution in [0.15, 0.2) is 176 Å². The van der Waals surface area contributed by atoms with E-state index in [0.717, 1.165) is 44.5 Å². The maximum Gasteiger partial charge on any atom is 0.204 e. The van der Waals surface area contributed by atoms with Crippen molar-refractivity contribution in [3.8, 4) is 44.5 Å². The van der Waals surface area contributed by atoms with Gasteiger partial charge in [0.15, 0.2) is 5.58 Å². The second-order valence-corrected chi connectivity index (χ2v) is 12.0. The van der Waals surface area contributed by atoms with Crippen LogP contribution in [0.25, 0.3) is 88.4 Å². The van der Waals surface area contributed by atoms with E-state index in [-0.39, 0.29) is 21.8 Å². The van der Waals surface area contributed by atoms with E-state index >= 15 is 0 Å². The van der Waals surface area contributed by atoms with E-state index in [4.69, 9.17) is 8.83 Å². The van der Waals surface area contributed by atoms with Crippen molar-refractivity contribution in [2.24, 2.45) is 0 Å². The van der Waals surface area contributed by atoms with Gasteiger partial charge in [0.2, 0.25) is 10.9 Å². The van der Waals surface area contributed by atoms with Gasteiger partial charge in [-0.15, -0.1) is 0 Å². The molecule has 9 aromatic rings. The Morgan fingerprint density at radius 2 is 0.750 bits per heavy atom. The van der Waals surface area contributed by atoms with Gasteiger partial charge in [0.25, 0.3) is 0 Å². The van der Waals surface area contributed by atoms with Gasteiger partial charge in [-0.2, -0.15) is 0 Å². The first-order chi connectivity index (χ1) is 23.6. The lowest BCUT2D eigenvalue weighted by Gasteiger charge is -2.10. The van der Waals surface area contributed by atoms with Crippen molar-refractivity contribution in [2.45, 2.75) is 0 Å². The molecule has 2 heterocycles. The molecule has 0 saturated carbocycles. The average molecular weight is 619 g/mol. The Morgan fingerprint density at radius 1 is 0.312 bits per heavy atom. The third kappa shape index (κ3) is 4.62. The first kappa shape index (κ1) is 27.8. The topological polar surface area (TPSA) is 60.4 Å². The van der Waals surface area contributed by atoms with Crippen LogP contribution in [0, 0.1) is 0 Å². The highest BCUT2D eigenvalue weighted by Gasteiger charge is 2.18. The summed E-state index contributed by atoms with van der Waals surface area (Å²) in [5.41, 5.74) is 9.35. The zero-order valence-corrected chi connectivity index (χ0v) is 25.6. The molecular weight excluding hydrogens is 592 g/mol. The van der Waals surface area contributed by atoms with Crippen molar-refractivity contribution in [3.63, 3.8) is 0 Å². The third-order valence-electron chi connectivity index (χ3n) is 9.08. The molecule has 0 radical (unpaired) electrons. The zero-order chi connectivity index (χ0) is 32.2. The first-order valence-corrected chi connectivity index (χ1v) is 15.8. The minimum Gasteiger partial charge on any atom is -0.456 e. The van der Waals surface area contributed by atoms with Crippen LogP contribution in [0.4, 0.5) is 0 Å². The van der Waals surface area contributed by atoms with E-state index in [2.05, 4.69) is 48.5 Å². The third-order valence-corrected chi connectivity index (χ3v) is 9.08. The molecule has 0 unspecified atom stereocenters. The Hall–Kier alpha value is -6.52. The maximum atomic E-state index is 14.1. The van der Waals surface area contributed by atoms with Crippen molar-refractivity contribution >= 4 is 43.9 Å².